The summed E-state index contributed by atoms with van der Waals surface area (Å²) in [7, 11) is 0. The van der Waals surface area contributed by atoms with Gasteiger partial charge in [-0.3, -0.25) is 0 Å². The molecule has 0 aliphatic carbocycles. The number of nitrogens with one attached hydrogen (secondary N) is 1. The van der Waals surface area contributed by atoms with Gasteiger partial charge in [0.1, 0.15) is 12.2 Å². The summed E-state index contributed by atoms with van der Waals surface area (Å²) >= 11 is 0. The van der Waals surface area contributed by atoms with Crippen LogP contribution in [0.2, 0.25) is 0 Å². The highest BCUT2D eigenvalue weighted by Crippen LogP contribution is 2.22. The Labute approximate surface area is 155 Å². The molecular weight excluding hydrogens is 332 g/mol. The van der Waals surface area contributed by atoms with Gasteiger partial charge in [0.15, 0.2) is 0 Å². The van der Waals surface area contributed by atoms with Gasteiger partial charge in [-0.1, -0.05) is 30.3 Å². The monoisotopic (exact) mass is 362 g/mol. The van der Waals surface area contributed by atoms with Gasteiger partial charge < -0.3 is 19.7 Å². The fourth-order valence-corrected chi connectivity index (χ4v) is 3.07. The maximum absolute atomic E-state index is 12.5. The number of carbonyl (C=O) groups is 2. The number of piperidine rings is 1. The Kier molecular flexibility index (Phi) is 6.89. The first kappa shape index (κ1) is 20.1. The van der Waals surface area contributed by atoms with Crippen LogP contribution in [0.25, 0.3) is 0 Å². The van der Waals surface area contributed by atoms with Crippen molar-refractivity contribution in [2.75, 3.05) is 6.54 Å². The lowest BCUT2D eigenvalue weighted by Crippen LogP contribution is -2.55. The zero-order valence-corrected chi connectivity index (χ0v) is 16.2. The molecule has 1 aromatic carbocycles. The number of rotatable bonds is 4. The normalized spacial score (nSPS) is 18.8. The molecule has 2 atom stereocenters. The Morgan fingerprint density at radius 2 is 1.92 bits per heavy atom. The second kappa shape index (κ2) is 8.92. The minimum absolute atomic E-state index is 0.0946. The quantitative estimate of drug-likeness (QED) is 0.876. The molecule has 144 valence electrons. The van der Waals surface area contributed by atoms with Gasteiger partial charge >= 0.3 is 12.2 Å². The van der Waals surface area contributed by atoms with Crippen LogP contribution >= 0.6 is 0 Å². The van der Waals surface area contributed by atoms with Crippen molar-refractivity contribution < 1.29 is 19.1 Å². The van der Waals surface area contributed by atoms with Crippen molar-refractivity contribution in [2.45, 2.75) is 71.2 Å². The largest absolute Gasteiger partial charge is 0.445 e. The molecule has 1 N–H and O–H groups in total. The van der Waals surface area contributed by atoms with E-state index in [0.717, 1.165) is 24.8 Å². The predicted molar refractivity (Wildman–Crippen MR) is 99.8 cm³/mol. The first-order valence-corrected chi connectivity index (χ1v) is 9.23. The number of nitrogens with zero attached hydrogens (tertiary/aromatic N) is 1. The van der Waals surface area contributed by atoms with Crippen molar-refractivity contribution >= 4 is 12.2 Å². The highest BCUT2D eigenvalue weighted by atomic mass is 16.6. The van der Waals surface area contributed by atoms with E-state index < -0.39 is 11.7 Å². The number of alkyl carbamates (subject to hydrolysis) is 1. The summed E-state index contributed by atoms with van der Waals surface area (Å²) in [6.07, 6.45) is 2.00. The number of carbonyl (C=O) groups excluding carboxylic acids is 2. The third kappa shape index (κ3) is 6.24. The van der Waals surface area contributed by atoms with Gasteiger partial charge in [-0.2, -0.15) is 0 Å². The standard InChI is InChI=1S/C20H30N2O4/c1-15(21-18(23)25-14-16-10-6-5-7-11-16)17-12-8-9-13-22(17)19(24)26-20(2,3)4/h5-7,10-11,15,17H,8-9,12-14H2,1-4H3,(H,21,23). The topological polar surface area (TPSA) is 67.9 Å². The van der Waals surface area contributed by atoms with Crippen molar-refractivity contribution in [3.63, 3.8) is 0 Å². The lowest BCUT2D eigenvalue weighted by atomic mass is 9.97. The molecule has 1 aliphatic heterocycles. The number of hydrogen-bond acceptors (Lipinski definition) is 4. The molecule has 1 fully saturated rings. The van der Waals surface area contributed by atoms with E-state index in [1.807, 2.05) is 58.0 Å². The molecule has 1 aromatic rings. The van der Waals surface area contributed by atoms with Gasteiger partial charge in [-0.25, -0.2) is 9.59 Å². The summed E-state index contributed by atoms with van der Waals surface area (Å²) in [5.74, 6) is 0. The number of amides is 2. The minimum Gasteiger partial charge on any atom is -0.445 e. The van der Waals surface area contributed by atoms with Gasteiger partial charge in [0, 0.05) is 12.6 Å². The van der Waals surface area contributed by atoms with Gasteiger partial charge in [-0.15, -0.1) is 0 Å². The molecule has 2 amide bonds. The van der Waals surface area contributed by atoms with Crippen molar-refractivity contribution in [3.8, 4) is 0 Å². The highest BCUT2D eigenvalue weighted by Gasteiger charge is 2.34. The van der Waals surface area contributed by atoms with E-state index in [0.29, 0.717) is 6.54 Å². The average Bonchev–Trinajstić information content (AvgIpc) is 2.59. The smallest absolute Gasteiger partial charge is 0.410 e. The van der Waals surface area contributed by atoms with Crippen molar-refractivity contribution in [2.24, 2.45) is 0 Å². The molecular formula is C20H30N2O4. The van der Waals surface area contributed by atoms with E-state index in [1.54, 1.807) is 4.90 Å². The van der Waals surface area contributed by atoms with Crippen LogP contribution in [0.15, 0.2) is 30.3 Å². The molecule has 0 bridgehead atoms. The van der Waals surface area contributed by atoms with Crippen LogP contribution in [-0.2, 0) is 16.1 Å². The molecule has 0 aromatic heterocycles. The van der Waals surface area contributed by atoms with Crippen LogP contribution in [-0.4, -0.2) is 41.3 Å². The second-order valence-electron chi connectivity index (χ2n) is 7.73. The lowest BCUT2D eigenvalue weighted by Gasteiger charge is -2.39. The van der Waals surface area contributed by atoms with E-state index in [2.05, 4.69) is 5.32 Å². The van der Waals surface area contributed by atoms with Gasteiger partial charge in [0.2, 0.25) is 0 Å². The van der Waals surface area contributed by atoms with E-state index in [9.17, 15) is 9.59 Å². The average molecular weight is 362 g/mol. The fraction of sp³-hybridized carbons (Fsp3) is 0.600. The summed E-state index contributed by atoms with van der Waals surface area (Å²) in [6.45, 7) is 8.33. The summed E-state index contributed by atoms with van der Waals surface area (Å²) in [6, 6.07) is 9.22. The zero-order valence-electron chi connectivity index (χ0n) is 16.2. The minimum atomic E-state index is -0.537. The van der Waals surface area contributed by atoms with Crippen LogP contribution in [0, 0.1) is 0 Å². The van der Waals surface area contributed by atoms with Crippen LogP contribution in [0.1, 0.15) is 52.5 Å². The first-order valence-electron chi connectivity index (χ1n) is 9.23. The van der Waals surface area contributed by atoms with Gasteiger partial charge in [-0.05, 0) is 52.5 Å². The van der Waals surface area contributed by atoms with E-state index in [-0.39, 0.29) is 24.8 Å². The van der Waals surface area contributed by atoms with E-state index in [1.165, 1.54) is 0 Å². The second-order valence-corrected chi connectivity index (χ2v) is 7.73. The fourth-order valence-electron chi connectivity index (χ4n) is 3.07. The van der Waals surface area contributed by atoms with E-state index in [4.69, 9.17) is 9.47 Å². The summed E-state index contributed by atoms with van der Waals surface area (Å²) in [4.78, 5) is 26.3. The Hall–Kier alpha value is -2.24. The first-order chi connectivity index (χ1) is 12.3. The van der Waals surface area contributed by atoms with Crippen LogP contribution in [0.3, 0.4) is 0 Å². The zero-order chi connectivity index (χ0) is 19.2. The summed E-state index contributed by atoms with van der Waals surface area (Å²) < 4.78 is 10.8. The number of ether oxygens (including phenoxy) is 2. The maximum atomic E-state index is 12.5. The van der Waals surface area contributed by atoms with Crippen LogP contribution < -0.4 is 5.32 Å². The Balaban J connectivity index is 1.89. The molecule has 1 heterocycles. The molecule has 2 rings (SSSR count). The van der Waals surface area contributed by atoms with Gasteiger partial charge in [0.05, 0.1) is 6.04 Å². The lowest BCUT2D eigenvalue weighted by molar-refractivity contribution is 0.00528. The van der Waals surface area contributed by atoms with Crippen molar-refractivity contribution in [1.82, 2.24) is 10.2 Å². The number of likely N-dealkylation sites (tertiary alicyclic amines) is 1. The molecule has 1 saturated heterocycles. The predicted octanol–water partition coefficient (Wildman–Crippen LogP) is 4.09. The van der Waals surface area contributed by atoms with E-state index >= 15 is 0 Å². The van der Waals surface area contributed by atoms with Crippen molar-refractivity contribution in [3.05, 3.63) is 35.9 Å². The van der Waals surface area contributed by atoms with Crippen LogP contribution in [0.4, 0.5) is 9.59 Å². The Bertz CT molecular complexity index is 598. The summed E-state index contributed by atoms with van der Waals surface area (Å²) in [5.41, 5.74) is 0.396. The van der Waals surface area contributed by atoms with Gasteiger partial charge in [0.25, 0.3) is 0 Å². The Morgan fingerprint density at radius 3 is 2.58 bits per heavy atom. The maximum Gasteiger partial charge on any atom is 0.410 e. The number of hydrogen-bond donors (Lipinski definition) is 1. The molecule has 0 saturated carbocycles. The molecule has 1 aliphatic rings. The van der Waals surface area contributed by atoms with Crippen molar-refractivity contribution in [1.29, 1.82) is 0 Å². The molecule has 6 heteroatoms. The molecule has 2 unspecified atom stereocenters. The third-order valence-electron chi connectivity index (χ3n) is 4.31. The molecule has 0 radical (unpaired) electrons. The highest BCUT2D eigenvalue weighted by molar-refractivity contribution is 5.70. The molecule has 6 nitrogen and oxygen atoms in total. The third-order valence-corrected chi connectivity index (χ3v) is 4.31. The molecule has 26 heavy (non-hydrogen) atoms. The summed E-state index contributed by atoms with van der Waals surface area (Å²) in [5, 5.41) is 2.86. The van der Waals surface area contributed by atoms with Crippen LogP contribution in [0.5, 0.6) is 0 Å². The Morgan fingerprint density at radius 1 is 1.23 bits per heavy atom. The number of benzene rings is 1. The SMILES string of the molecule is CC(NC(=O)OCc1ccccc1)C1CCCCN1C(=O)OC(C)(C)C. The molecule has 0 spiro atoms.